The highest BCUT2D eigenvalue weighted by Crippen LogP contribution is 2.28. The van der Waals surface area contributed by atoms with Gasteiger partial charge in [0.15, 0.2) is 6.19 Å². The van der Waals surface area contributed by atoms with Crippen molar-refractivity contribution in [3.8, 4) is 11.9 Å². The lowest BCUT2D eigenvalue weighted by Gasteiger charge is -2.13. The first-order valence-corrected chi connectivity index (χ1v) is 6.01. The van der Waals surface area contributed by atoms with Crippen molar-refractivity contribution < 1.29 is 4.74 Å². The third kappa shape index (κ3) is 2.95. The van der Waals surface area contributed by atoms with Crippen molar-refractivity contribution in [2.75, 3.05) is 24.4 Å². The largest absolute Gasteiger partial charge is 0.495 e. The van der Waals surface area contributed by atoms with Gasteiger partial charge in [0.25, 0.3) is 0 Å². The topological polar surface area (TPSA) is 74.1 Å². The highest BCUT2D eigenvalue weighted by atomic mass is 16.5. The van der Waals surface area contributed by atoms with Gasteiger partial charge in [0.1, 0.15) is 23.7 Å². The van der Waals surface area contributed by atoms with Gasteiger partial charge in [-0.1, -0.05) is 6.07 Å². The van der Waals surface area contributed by atoms with Gasteiger partial charge in [0.05, 0.1) is 12.8 Å². The van der Waals surface area contributed by atoms with Crippen LogP contribution in [0, 0.1) is 18.4 Å². The smallest absolute Gasteiger partial charge is 0.185 e. The van der Waals surface area contributed by atoms with E-state index in [0.717, 1.165) is 17.0 Å². The minimum absolute atomic E-state index is 0.525. The first kappa shape index (κ1) is 13.6. The molecule has 1 aromatic carbocycles. The van der Waals surface area contributed by atoms with Crippen LogP contribution >= 0.6 is 0 Å². The summed E-state index contributed by atoms with van der Waals surface area (Å²) >= 11 is 0. The molecule has 0 fully saturated rings. The quantitative estimate of drug-likeness (QED) is 0.679. The molecule has 0 radical (unpaired) electrons. The van der Waals surface area contributed by atoms with Gasteiger partial charge >= 0.3 is 0 Å². The van der Waals surface area contributed by atoms with Crippen LogP contribution in [0.4, 0.5) is 17.3 Å². The number of benzene rings is 1. The number of hydrogen-bond donors (Lipinski definition) is 1. The number of rotatable bonds is 4. The number of nitrogens with one attached hydrogen (secondary N) is 1. The Labute approximate surface area is 117 Å². The molecule has 0 saturated heterocycles. The van der Waals surface area contributed by atoms with E-state index in [2.05, 4.69) is 15.3 Å². The summed E-state index contributed by atoms with van der Waals surface area (Å²) in [6.07, 6.45) is 3.41. The second-order valence-corrected chi connectivity index (χ2v) is 4.25. The Bertz CT molecular complexity index is 650. The number of methoxy groups -OCH3 is 1. The molecule has 0 aliphatic heterocycles. The first-order chi connectivity index (χ1) is 9.63. The summed E-state index contributed by atoms with van der Waals surface area (Å²) in [5, 5.41) is 12.0. The predicted octanol–water partition coefficient (Wildman–Crippen LogP) is 2.45. The zero-order valence-electron chi connectivity index (χ0n) is 11.6. The maximum Gasteiger partial charge on any atom is 0.185 e. The van der Waals surface area contributed by atoms with Crippen molar-refractivity contribution >= 4 is 17.3 Å². The van der Waals surface area contributed by atoms with Gasteiger partial charge in [-0.25, -0.2) is 9.97 Å². The molecular weight excluding hydrogens is 254 g/mol. The monoisotopic (exact) mass is 269 g/mol. The van der Waals surface area contributed by atoms with Crippen LogP contribution in [0.3, 0.4) is 0 Å². The average Bonchev–Trinajstić information content (AvgIpc) is 2.47. The van der Waals surface area contributed by atoms with E-state index in [9.17, 15) is 0 Å². The summed E-state index contributed by atoms with van der Waals surface area (Å²) in [7, 11) is 3.25. The van der Waals surface area contributed by atoms with Crippen molar-refractivity contribution in [1.29, 1.82) is 5.26 Å². The van der Waals surface area contributed by atoms with Crippen LogP contribution in [-0.2, 0) is 0 Å². The molecule has 0 spiro atoms. The van der Waals surface area contributed by atoms with E-state index in [4.69, 9.17) is 10.00 Å². The second kappa shape index (κ2) is 5.89. The molecule has 0 aliphatic rings. The second-order valence-electron chi connectivity index (χ2n) is 4.25. The normalized spacial score (nSPS) is 9.70. The fourth-order valence-electron chi connectivity index (χ4n) is 1.71. The lowest BCUT2D eigenvalue weighted by atomic mass is 10.2. The van der Waals surface area contributed by atoms with E-state index in [-0.39, 0.29) is 0 Å². The van der Waals surface area contributed by atoms with Gasteiger partial charge in [-0.2, -0.15) is 5.26 Å². The van der Waals surface area contributed by atoms with E-state index >= 15 is 0 Å². The van der Waals surface area contributed by atoms with E-state index in [1.165, 1.54) is 11.2 Å². The van der Waals surface area contributed by atoms with E-state index < -0.39 is 0 Å². The number of anilines is 3. The van der Waals surface area contributed by atoms with Crippen molar-refractivity contribution in [2.45, 2.75) is 6.92 Å². The Morgan fingerprint density at radius 3 is 2.80 bits per heavy atom. The van der Waals surface area contributed by atoms with E-state index in [1.54, 1.807) is 20.2 Å². The molecule has 0 atom stereocenters. The van der Waals surface area contributed by atoms with Crippen molar-refractivity contribution in [2.24, 2.45) is 0 Å². The lowest BCUT2D eigenvalue weighted by molar-refractivity contribution is 0.416. The molecule has 0 saturated carbocycles. The molecule has 0 unspecified atom stereocenters. The summed E-state index contributed by atoms with van der Waals surface area (Å²) < 4.78 is 5.30. The summed E-state index contributed by atoms with van der Waals surface area (Å²) in [5.74, 6) is 1.85. The van der Waals surface area contributed by atoms with Crippen molar-refractivity contribution in [1.82, 2.24) is 9.97 Å². The van der Waals surface area contributed by atoms with Crippen LogP contribution in [-0.4, -0.2) is 24.1 Å². The van der Waals surface area contributed by atoms with Crippen LogP contribution in [0.25, 0.3) is 0 Å². The van der Waals surface area contributed by atoms with Gasteiger partial charge < -0.3 is 10.1 Å². The molecule has 6 heteroatoms. The van der Waals surface area contributed by atoms with Crippen molar-refractivity contribution in [3.05, 3.63) is 36.2 Å². The zero-order valence-corrected chi connectivity index (χ0v) is 11.6. The Morgan fingerprint density at radius 1 is 1.30 bits per heavy atom. The van der Waals surface area contributed by atoms with Crippen LogP contribution < -0.4 is 15.0 Å². The minimum atomic E-state index is 0.525. The van der Waals surface area contributed by atoms with Crippen LogP contribution in [0.2, 0.25) is 0 Å². The van der Waals surface area contributed by atoms with Gasteiger partial charge in [0, 0.05) is 13.1 Å². The first-order valence-electron chi connectivity index (χ1n) is 6.01. The highest BCUT2D eigenvalue weighted by molar-refractivity contribution is 5.66. The Kier molecular flexibility index (Phi) is 4.01. The lowest BCUT2D eigenvalue weighted by Crippen LogP contribution is -2.10. The molecule has 0 amide bonds. The molecular formula is C14H15N5O. The molecule has 1 N–H and O–H groups in total. The maximum atomic E-state index is 8.86. The Morgan fingerprint density at radius 2 is 2.10 bits per heavy atom. The fraction of sp³-hybridized carbons (Fsp3) is 0.214. The third-order valence-corrected chi connectivity index (χ3v) is 2.76. The van der Waals surface area contributed by atoms with E-state index in [0.29, 0.717) is 11.6 Å². The van der Waals surface area contributed by atoms with Gasteiger partial charge in [-0.05, 0) is 24.6 Å². The number of ether oxygens (including phenoxy) is 1. The number of nitrogens with zero attached hydrogens (tertiary/aromatic N) is 4. The fourth-order valence-corrected chi connectivity index (χ4v) is 1.71. The van der Waals surface area contributed by atoms with E-state index in [1.807, 2.05) is 31.3 Å². The zero-order chi connectivity index (χ0) is 14.5. The Hall–Kier alpha value is -2.81. The van der Waals surface area contributed by atoms with Crippen molar-refractivity contribution in [3.63, 3.8) is 0 Å². The SMILES string of the molecule is COc1ccc(C)cc1Nc1cc(N(C)C#N)ncn1. The molecule has 1 heterocycles. The van der Waals surface area contributed by atoms with Crippen LogP contribution in [0.1, 0.15) is 5.56 Å². The Balaban J connectivity index is 2.31. The standard InChI is InChI=1S/C14H15N5O/c1-10-4-5-12(20-3)11(6-10)18-13-7-14(17-9-16-13)19(2)8-15/h4-7,9H,1-3H3,(H,16,17,18). The number of aromatic nitrogens is 2. The van der Waals surface area contributed by atoms with Crippen LogP contribution in [0.15, 0.2) is 30.6 Å². The summed E-state index contributed by atoms with van der Waals surface area (Å²) in [4.78, 5) is 9.54. The molecule has 102 valence electrons. The molecule has 2 aromatic rings. The van der Waals surface area contributed by atoms with Gasteiger partial charge in [-0.3, -0.25) is 4.90 Å². The molecule has 6 nitrogen and oxygen atoms in total. The number of nitriles is 1. The maximum absolute atomic E-state index is 8.86. The molecule has 2 rings (SSSR count). The summed E-state index contributed by atoms with van der Waals surface area (Å²) in [5.41, 5.74) is 1.92. The predicted molar refractivity (Wildman–Crippen MR) is 77.1 cm³/mol. The summed E-state index contributed by atoms with van der Waals surface area (Å²) in [6.45, 7) is 2.00. The molecule has 1 aromatic heterocycles. The summed E-state index contributed by atoms with van der Waals surface area (Å²) in [6, 6.07) is 7.53. The minimum Gasteiger partial charge on any atom is -0.495 e. The molecule has 0 aliphatic carbocycles. The molecule has 20 heavy (non-hydrogen) atoms. The van der Waals surface area contributed by atoms with Gasteiger partial charge in [0.2, 0.25) is 0 Å². The third-order valence-electron chi connectivity index (χ3n) is 2.76. The number of aryl methyl sites for hydroxylation is 1. The molecule has 0 bridgehead atoms. The number of hydrogen-bond acceptors (Lipinski definition) is 6. The van der Waals surface area contributed by atoms with Gasteiger partial charge in [-0.15, -0.1) is 0 Å². The highest BCUT2D eigenvalue weighted by Gasteiger charge is 2.07. The van der Waals surface area contributed by atoms with Crippen LogP contribution in [0.5, 0.6) is 5.75 Å². The average molecular weight is 269 g/mol.